The molecule has 3 rings (SSSR count). The summed E-state index contributed by atoms with van der Waals surface area (Å²) in [6, 6.07) is 13.3. The van der Waals surface area contributed by atoms with Crippen LogP contribution in [0.1, 0.15) is 22.0 Å². The molecule has 0 radical (unpaired) electrons. The molecule has 106 valence electrons. The van der Waals surface area contributed by atoms with Gasteiger partial charge in [0.25, 0.3) is 0 Å². The molecule has 0 bridgehead atoms. The van der Waals surface area contributed by atoms with Crippen molar-refractivity contribution in [1.82, 2.24) is 10.2 Å². The van der Waals surface area contributed by atoms with Gasteiger partial charge in [0.2, 0.25) is 0 Å². The van der Waals surface area contributed by atoms with E-state index in [0.717, 1.165) is 30.4 Å². The number of thiophene rings is 1. The van der Waals surface area contributed by atoms with Crippen molar-refractivity contribution in [3.05, 3.63) is 56.7 Å². The minimum absolute atomic E-state index is 0.431. The van der Waals surface area contributed by atoms with Gasteiger partial charge in [-0.2, -0.15) is 0 Å². The summed E-state index contributed by atoms with van der Waals surface area (Å²) in [5, 5.41) is 3.63. The van der Waals surface area contributed by atoms with Gasteiger partial charge in [0, 0.05) is 24.0 Å². The van der Waals surface area contributed by atoms with Crippen LogP contribution in [0.15, 0.2) is 36.4 Å². The van der Waals surface area contributed by atoms with Crippen molar-refractivity contribution < 1.29 is 0 Å². The normalized spacial score (nSPS) is 18.2. The summed E-state index contributed by atoms with van der Waals surface area (Å²) in [6.07, 6.45) is 1.14. The third-order valence-electron chi connectivity index (χ3n) is 3.76. The fraction of sp³-hybridized carbons (Fsp3) is 0.375. The monoisotopic (exact) mass is 306 g/mol. The van der Waals surface area contributed by atoms with E-state index < -0.39 is 0 Å². The molecule has 2 nitrogen and oxygen atoms in total. The molecule has 0 saturated heterocycles. The van der Waals surface area contributed by atoms with E-state index in [4.69, 9.17) is 11.6 Å². The van der Waals surface area contributed by atoms with Crippen molar-refractivity contribution in [3.8, 4) is 0 Å². The zero-order valence-electron chi connectivity index (χ0n) is 11.6. The molecule has 1 atom stereocenters. The molecule has 1 aromatic heterocycles. The van der Waals surface area contributed by atoms with E-state index in [2.05, 4.69) is 47.6 Å². The third-order valence-corrected chi connectivity index (χ3v) is 4.98. The quantitative estimate of drug-likeness (QED) is 0.926. The van der Waals surface area contributed by atoms with E-state index in [1.807, 2.05) is 6.07 Å². The van der Waals surface area contributed by atoms with Crippen LogP contribution in [-0.2, 0) is 13.0 Å². The zero-order valence-corrected chi connectivity index (χ0v) is 13.2. The Morgan fingerprint density at radius 3 is 2.95 bits per heavy atom. The van der Waals surface area contributed by atoms with E-state index in [1.165, 1.54) is 16.0 Å². The first-order valence-corrected chi connectivity index (χ1v) is 8.16. The van der Waals surface area contributed by atoms with Crippen LogP contribution in [0, 0.1) is 0 Å². The number of nitrogens with zero attached hydrogens (tertiary/aromatic N) is 1. The Kier molecular flexibility index (Phi) is 4.41. The number of nitrogens with one attached hydrogen (secondary N) is 1. The summed E-state index contributed by atoms with van der Waals surface area (Å²) < 4.78 is 0.870. The van der Waals surface area contributed by atoms with E-state index in [0.29, 0.717) is 6.04 Å². The second-order valence-electron chi connectivity index (χ2n) is 5.36. The van der Waals surface area contributed by atoms with Crippen molar-refractivity contribution in [2.75, 3.05) is 20.1 Å². The fourth-order valence-corrected chi connectivity index (χ4v) is 4.00. The number of halogens is 1. The molecule has 0 saturated carbocycles. The molecule has 1 aliphatic rings. The van der Waals surface area contributed by atoms with Gasteiger partial charge in [-0.3, -0.25) is 4.90 Å². The molecule has 1 unspecified atom stereocenters. The van der Waals surface area contributed by atoms with Crippen LogP contribution >= 0.6 is 22.9 Å². The van der Waals surface area contributed by atoms with Gasteiger partial charge in [0.15, 0.2) is 0 Å². The maximum absolute atomic E-state index is 5.99. The molecule has 1 N–H and O–H groups in total. The predicted octanol–water partition coefficient (Wildman–Crippen LogP) is 3.72. The molecular weight excluding hydrogens is 288 g/mol. The van der Waals surface area contributed by atoms with Gasteiger partial charge in [0.1, 0.15) is 0 Å². The van der Waals surface area contributed by atoms with Crippen molar-refractivity contribution in [3.63, 3.8) is 0 Å². The summed E-state index contributed by atoms with van der Waals surface area (Å²) in [6.45, 7) is 3.05. The van der Waals surface area contributed by atoms with Gasteiger partial charge >= 0.3 is 0 Å². The number of rotatable bonds is 4. The zero-order chi connectivity index (χ0) is 13.9. The molecule has 0 spiro atoms. The first-order chi connectivity index (χ1) is 9.72. The molecule has 0 amide bonds. The first-order valence-electron chi connectivity index (χ1n) is 6.96. The maximum atomic E-state index is 5.99. The fourth-order valence-electron chi connectivity index (χ4n) is 2.83. The second kappa shape index (κ2) is 6.27. The van der Waals surface area contributed by atoms with E-state index in [1.54, 1.807) is 11.3 Å². The van der Waals surface area contributed by atoms with Gasteiger partial charge in [-0.15, -0.1) is 11.3 Å². The van der Waals surface area contributed by atoms with Crippen LogP contribution in [0.2, 0.25) is 4.34 Å². The molecular formula is C16H19ClN2S. The Bertz CT molecular complexity index is 581. The standard InChI is InChI=1S/C16H19ClN2S/c1-19(10-13-6-7-16(17)20-13)11-15-14-5-3-2-4-12(14)8-9-18-15/h2-7,15,18H,8-11H2,1H3. The largest absolute Gasteiger partial charge is 0.309 e. The van der Waals surface area contributed by atoms with Crippen molar-refractivity contribution >= 4 is 22.9 Å². The SMILES string of the molecule is CN(Cc1ccc(Cl)s1)CC1NCCc2ccccc21. The van der Waals surface area contributed by atoms with E-state index in [9.17, 15) is 0 Å². The van der Waals surface area contributed by atoms with Crippen LogP contribution in [0.3, 0.4) is 0 Å². The van der Waals surface area contributed by atoms with Crippen LogP contribution in [0.5, 0.6) is 0 Å². The van der Waals surface area contributed by atoms with E-state index in [-0.39, 0.29) is 0 Å². The van der Waals surface area contributed by atoms with Crippen molar-refractivity contribution in [2.24, 2.45) is 0 Å². The molecule has 4 heteroatoms. The van der Waals surface area contributed by atoms with Gasteiger partial charge in [-0.1, -0.05) is 35.9 Å². The lowest BCUT2D eigenvalue weighted by atomic mass is 9.94. The highest BCUT2D eigenvalue weighted by Gasteiger charge is 2.20. The van der Waals surface area contributed by atoms with Crippen molar-refractivity contribution in [2.45, 2.75) is 19.0 Å². The Hall–Kier alpha value is -0.870. The van der Waals surface area contributed by atoms with Crippen LogP contribution < -0.4 is 5.32 Å². The topological polar surface area (TPSA) is 15.3 Å². The number of benzene rings is 1. The third kappa shape index (κ3) is 3.23. The molecule has 20 heavy (non-hydrogen) atoms. The average molecular weight is 307 g/mol. The molecule has 1 aromatic carbocycles. The van der Waals surface area contributed by atoms with Crippen LogP contribution in [0.4, 0.5) is 0 Å². The predicted molar refractivity (Wildman–Crippen MR) is 86.6 cm³/mol. The summed E-state index contributed by atoms with van der Waals surface area (Å²) in [7, 11) is 2.17. The number of hydrogen-bond donors (Lipinski definition) is 1. The minimum Gasteiger partial charge on any atom is -0.309 e. The summed E-state index contributed by atoms with van der Waals surface area (Å²) in [5.41, 5.74) is 2.94. The highest BCUT2D eigenvalue weighted by molar-refractivity contribution is 7.16. The Morgan fingerprint density at radius 2 is 2.15 bits per heavy atom. The van der Waals surface area contributed by atoms with Gasteiger partial charge < -0.3 is 5.32 Å². The smallest absolute Gasteiger partial charge is 0.0931 e. The first kappa shape index (κ1) is 14.1. The summed E-state index contributed by atoms with van der Waals surface area (Å²) in [4.78, 5) is 3.68. The molecule has 2 aromatic rings. The van der Waals surface area contributed by atoms with Gasteiger partial charge in [-0.25, -0.2) is 0 Å². The Morgan fingerprint density at radius 1 is 1.30 bits per heavy atom. The molecule has 2 heterocycles. The minimum atomic E-state index is 0.431. The number of hydrogen-bond acceptors (Lipinski definition) is 3. The van der Waals surface area contributed by atoms with E-state index >= 15 is 0 Å². The lowest BCUT2D eigenvalue weighted by molar-refractivity contribution is 0.280. The highest BCUT2D eigenvalue weighted by atomic mass is 35.5. The van der Waals surface area contributed by atoms with Gasteiger partial charge in [0.05, 0.1) is 4.34 Å². The highest BCUT2D eigenvalue weighted by Crippen LogP contribution is 2.25. The lowest BCUT2D eigenvalue weighted by Gasteiger charge is -2.30. The van der Waals surface area contributed by atoms with Crippen molar-refractivity contribution in [1.29, 1.82) is 0 Å². The van der Waals surface area contributed by atoms with Crippen LogP contribution in [-0.4, -0.2) is 25.0 Å². The van der Waals surface area contributed by atoms with Gasteiger partial charge in [-0.05, 0) is 43.3 Å². The van der Waals surface area contributed by atoms with Crippen LogP contribution in [0.25, 0.3) is 0 Å². The lowest BCUT2D eigenvalue weighted by Crippen LogP contribution is -2.37. The summed E-state index contributed by atoms with van der Waals surface area (Å²) in [5.74, 6) is 0. The maximum Gasteiger partial charge on any atom is 0.0931 e. The Labute approximate surface area is 129 Å². The average Bonchev–Trinajstić information content (AvgIpc) is 2.84. The summed E-state index contributed by atoms with van der Waals surface area (Å²) >= 11 is 7.66. The molecule has 0 fully saturated rings. The molecule has 1 aliphatic heterocycles. The number of likely N-dealkylation sites (N-methyl/N-ethyl adjacent to an activating group) is 1. The molecule has 0 aliphatic carbocycles. The number of fused-ring (bicyclic) bond motifs is 1. The Balaban J connectivity index is 1.66. The second-order valence-corrected chi connectivity index (χ2v) is 7.16.